The molecule has 25 heavy (non-hydrogen) atoms. The predicted octanol–water partition coefficient (Wildman–Crippen LogP) is 1.59. The molecule has 2 amide bonds. The molecular formula is C18H27N3O4. The molecule has 2 fully saturated rings. The maximum Gasteiger partial charge on any atom is 0.230 e. The Morgan fingerprint density at radius 2 is 2.20 bits per heavy atom. The molecule has 1 aromatic heterocycles. The Hall–Kier alpha value is -1.89. The van der Waals surface area contributed by atoms with Crippen LogP contribution < -0.4 is 5.32 Å². The van der Waals surface area contributed by atoms with Crippen molar-refractivity contribution in [3.63, 3.8) is 0 Å². The SMILES string of the molecule is CNC(=O)C[C@@H]1OC(C)(C)C[C@]12CCCN2C(=O)Cc1cc(C)no1. The van der Waals surface area contributed by atoms with Crippen molar-refractivity contribution in [3.8, 4) is 0 Å². The number of nitrogens with one attached hydrogen (secondary N) is 1. The lowest BCUT2D eigenvalue weighted by Gasteiger charge is -2.38. The smallest absolute Gasteiger partial charge is 0.230 e. The van der Waals surface area contributed by atoms with Gasteiger partial charge in [-0.05, 0) is 33.6 Å². The van der Waals surface area contributed by atoms with Crippen LogP contribution in [0.5, 0.6) is 0 Å². The van der Waals surface area contributed by atoms with E-state index in [2.05, 4.69) is 10.5 Å². The molecule has 3 rings (SSSR count). The van der Waals surface area contributed by atoms with Crippen molar-refractivity contribution in [3.05, 3.63) is 17.5 Å². The first-order chi connectivity index (χ1) is 11.8. The molecule has 0 unspecified atom stereocenters. The van der Waals surface area contributed by atoms with E-state index in [0.717, 1.165) is 25.0 Å². The molecule has 7 nitrogen and oxygen atoms in total. The lowest BCUT2D eigenvalue weighted by Crippen LogP contribution is -2.54. The number of hydrogen-bond donors (Lipinski definition) is 1. The van der Waals surface area contributed by atoms with E-state index in [1.165, 1.54) is 0 Å². The Morgan fingerprint density at radius 3 is 2.84 bits per heavy atom. The van der Waals surface area contributed by atoms with E-state index in [-0.39, 0.29) is 36.4 Å². The summed E-state index contributed by atoms with van der Waals surface area (Å²) in [4.78, 5) is 26.9. The van der Waals surface area contributed by atoms with Gasteiger partial charge in [-0.15, -0.1) is 0 Å². The highest BCUT2D eigenvalue weighted by Gasteiger charge is 2.58. The van der Waals surface area contributed by atoms with Gasteiger partial charge < -0.3 is 19.5 Å². The number of carbonyl (C=O) groups is 2. The Morgan fingerprint density at radius 1 is 1.44 bits per heavy atom. The van der Waals surface area contributed by atoms with Crippen molar-refractivity contribution < 1.29 is 18.8 Å². The third-order valence-electron chi connectivity index (χ3n) is 5.27. The van der Waals surface area contributed by atoms with Gasteiger partial charge in [-0.3, -0.25) is 9.59 Å². The molecule has 138 valence electrons. The van der Waals surface area contributed by atoms with Gasteiger partial charge in [0.15, 0.2) is 0 Å². The van der Waals surface area contributed by atoms with Crippen molar-refractivity contribution in [1.29, 1.82) is 0 Å². The largest absolute Gasteiger partial charge is 0.369 e. The summed E-state index contributed by atoms with van der Waals surface area (Å²) in [6.07, 6.45) is 2.69. The van der Waals surface area contributed by atoms with Gasteiger partial charge >= 0.3 is 0 Å². The summed E-state index contributed by atoms with van der Waals surface area (Å²) in [5, 5.41) is 6.52. The summed E-state index contributed by atoms with van der Waals surface area (Å²) in [6, 6.07) is 1.79. The molecule has 1 spiro atoms. The highest BCUT2D eigenvalue weighted by atomic mass is 16.5. The summed E-state index contributed by atoms with van der Waals surface area (Å²) < 4.78 is 11.4. The Bertz CT molecular complexity index is 669. The molecule has 0 bridgehead atoms. The highest BCUT2D eigenvalue weighted by Crippen LogP contribution is 2.49. The van der Waals surface area contributed by atoms with Crippen molar-refractivity contribution in [1.82, 2.24) is 15.4 Å². The molecule has 2 aliphatic heterocycles. The third-order valence-corrected chi connectivity index (χ3v) is 5.27. The van der Waals surface area contributed by atoms with Crippen LogP contribution in [0.1, 0.15) is 51.0 Å². The zero-order chi connectivity index (χ0) is 18.2. The van der Waals surface area contributed by atoms with Crippen molar-refractivity contribution in [2.75, 3.05) is 13.6 Å². The molecule has 0 aromatic carbocycles. The molecule has 0 aliphatic carbocycles. The van der Waals surface area contributed by atoms with Crippen molar-refractivity contribution in [2.45, 2.75) is 70.1 Å². The maximum atomic E-state index is 13.0. The van der Waals surface area contributed by atoms with Crippen LogP contribution in [0.4, 0.5) is 0 Å². The first-order valence-electron chi connectivity index (χ1n) is 8.87. The molecule has 2 atom stereocenters. The zero-order valence-corrected chi connectivity index (χ0v) is 15.4. The molecule has 3 heterocycles. The van der Waals surface area contributed by atoms with E-state index in [1.54, 1.807) is 13.1 Å². The van der Waals surface area contributed by atoms with Crippen LogP contribution in [0.3, 0.4) is 0 Å². The highest BCUT2D eigenvalue weighted by molar-refractivity contribution is 5.80. The molecule has 7 heteroatoms. The number of rotatable bonds is 4. The van der Waals surface area contributed by atoms with Crippen LogP contribution in [0.25, 0.3) is 0 Å². The summed E-state index contributed by atoms with van der Waals surface area (Å²) in [5.74, 6) is 0.523. The van der Waals surface area contributed by atoms with Crippen molar-refractivity contribution >= 4 is 11.8 Å². The van der Waals surface area contributed by atoms with Gasteiger partial charge in [0.05, 0.1) is 35.8 Å². The quantitative estimate of drug-likeness (QED) is 0.892. The van der Waals surface area contributed by atoms with Gasteiger partial charge in [-0.1, -0.05) is 5.16 Å². The van der Waals surface area contributed by atoms with Crippen LogP contribution in [0, 0.1) is 6.92 Å². The van der Waals surface area contributed by atoms with Gasteiger partial charge in [0.2, 0.25) is 11.8 Å². The van der Waals surface area contributed by atoms with Crippen LogP contribution in [-0.2, 0) is 20.7 Å². The number of carbonyl (C=O) groups excluding carboxylic acids is 2. The van der Waals surface area contributed by atoms with Crippen LogP contribution >= 0.6 is 0 Å². The second-order valence-corrected chi connectivity index (χ2v) is 7.78. The van der Waals surface area contributed by atoms with Crippen LogP contribution in [0.15, 0.2) is 10.6 Å². The van der Waals surface area contributed by atoms with E-state index < -0.39 is 5.54 Å². The monoisotopic (exact) mass is 349 g/mol. The Kier molecular flexibility index (Phi) is 4.62. The fraction of sp³-hybridized carbons (Fsp3) is 0.722. The first kappa shape index (κ1) is 17.9. The number of ether oxygens (including phenoxy) is 1. The average Bonchev–Trinajstić information content (AvgIpc) is 3.18. The van der Waals surface area contributed by atoms with E-state index in [0.29, 0.717) is 12.3 Å². The number of aryl methyl sites for hydroxylation is 1. The Balaban J connectivity index is 1.83. The molecule has 2 saturated heterocycles. The molecule has 0 radical (unpaired) electrons. The zero-order valence-electron chi connectivity index (χ0n) is 15.4. The summed E-state index contributed by atoms with van der Waals surface area (Å²) in [5.41, 5.74) is -0.00577. The third kappa shape index (κ3) is 3.42. The number of amides is 2. The Labute approximate surface area is 148 Å². The molecule has 2 aliphatic rings. The minimum Gasteiger partial charge on any atom is -0.369 e. The summed E-state index contributed by atoms with van der Waals surface area (Å²) in [6.45, 7) is 6.58. The van der Waals surface area contributed by atoms with Crippen LogP contribution in [0.2, 0.25) is 0 Å². The predicted molar refractivity (Wildman–Crippen MR) is 90.9 cm³/mol. The summed E-state index contributed by atoms with van der Waals surface area (Å²) >= 11 is 0. The average molecular weight is 349 g/mol. The maximum absolute atomic E-state index is 13.0. The fourth-order valence-electron chi connectivity index (χ4n) is 4.43. The lowest BCUT2D eigenvalue weighted by atomic mass is 9.82. The summed E-state index contributed by atoms with van der Waals surface area (Å²) in [7, 11) is 1.62. The van der Waals surface area contributed by atoms with Gasteiger partial charge in [0, 0.05) is 26.1 Å². The first-order valence-corrected chi connectivity index (χ1v) is 8.87. The van der Waals surface area contributed by atoms with Gasteiger partial charge in [0.25, 0.3) is 0 Å². The number of nitrogens with zero attached hydrogens (tertiary/aromatic N) is 2. The number of likely N-dealkylation sites (tertiary alicyclic amines) is 1. The van der Waals surface area contributed by atoms with E-state index in [4.69, 9.17) is 9.26 Å². The normalized spacial score (nSPS) is 27.8. The molecular weight excluding hydrogens is 322 g/mol. The number of aromatic nitrogens is 1. The standard InChI is InChI=1S/C18H27N3O4/c1-12-8-13(25-20-12)9-16(23)21-7-5-6-18(21)11-17(2,3)24-14(18)10-15(22)19-4/h8,14H,5-7,9-11H2,1-4H3,(H,19,22)/t14-,18+/m0/s1. The van der Waals surface area contributed by atoms with E-state index in [9.17, 15) is 9.59 Å². The fourth-order valence-corrected chi connectivity index (χ4v) is 4.43. The van der Waals surface area contributed by atoms with Crippen molar-refractivity contribution in [2.24, 2.45) is 0 Å². The molecule has 1 N–H and O–H groups in total. The van der Waals surface area contributed by atoms with Gasteiger partial charge in [-0.25, -0.2) is 0 Å². The van der Waals surface area contributed by atoms with Crippen LogP contribution in [-0.4, -0.2) is 52.7 Å². The second-order valence-electron chi connectivity index (χ2n) is 7.78. The molecule has 1 aromatic rings. The van der Waals surface area contributed by atoms with Gasteiger partial charge in [-0.2, -0.15) is 0 Å². The molecule has 0 saturated carbocycles. The van der Waals surface area contributed by atoms with E-state index in [1.807, 2.05) is 25.7 Å². The minimum atomic E-state index is -0.415. The topological polar surface area (TPSA) is 84.7 Å². The number of hydrogen-bond acceptors (Lipinski definition) is 5. The lowest BCUT2D eigenvalue weighted by molar-refractivity contribution is -0.140. The second kappa shape index (κ2) is 6.44. The van der Waals surface area contributed by atoms with E-state index >= 15 is 0 Å². The van der Waals surface area contributed by atoms with Gasteiger partial charge in [0.1, 0.15) is 5.76 Å². The minimum absolute atomic E-state index is 0.0110.